The smallest absolute Gasteiger partial charge is 0.290 e. The van der Waals surface area contributed by atoms with Crippen molar-refractivity contribution < 1.29 is 0 Å². The maximum Gasteiger partial charge on any atom is 0.290 e. The van der Waals surface area contributed by atoms with Gasteiger partial charge in [0.1, 0.15) is 0 Å². The van der Waals surface area contributed by atoms with Gasteiger partial charge in [0.15, 0.2) is 5.82 Å². The Kier molecular flexibility index (Phi) is 5.20. The summed E-state index contributed by atoms with van der Waals surface area (Å²) in [4.78, 5) is 20.8. The minimum Gasteiger partial charge on any atom is -0.350 e. The molecule has 0 bridgehead atoms. The van der Waals surface area contributed by atoms with Gasteiger partial charge in [0.05, 0.1) is 10.0 Å². The molecule has 2 N–H and O–H groups in total. The lowest BCUT2D eigenvalue weighted by molar-refractivity contribution is 0.419. The Balaban J connectivity index is 1.64. The van der Waals surface area contributed by atoms with E-state index < -0.39 is 0 Å². The molecular weight excluding hydrogens is 335 g/mol. The summed E-state index contributed by atoms with van der Waals surface area (Å²) >= 11 is 12.3. The van der Waals surface area contributed by atoms with Gasteiger partial charge in [0.2, 0.25) is 0 Å². The standard InChI is InChI=1S/C16H18Cl2N4O/c17-13-5-1-3-11(14(13)18)9-21-12-4-2-8-22(10-12)15-16(23)20-7-6-19-15/h1,3,5-7,12,21H,2,4,8-10H2,(H,20,23). The van der Waals surface area contributed by atoms with Crippen LogP contribution in [0, 0.1) is 0 Å². The van der Waals surface area contributed by atoms with Crippen LogP contribution in [0.3, 0.4) is 0 Å². The monoisotopic (exact) mass is 352 g/mol. The summed E-state index contributed by atoms with van der Waals surface area (Å²) < 4.78 is 0. The lowest BCUT2D eigenvalue weighted by Crippen LogP contribution is -2.47. The summed E-state index contributed by atoms with van der Waals surface area (Å²) in [7, 11) is 0. The van der Waals surface area contributed by atoms with Crippen molar-refractivity contribution in [3.05, 3.63) is 56.6 Å². The van der Waals surface area contributed by atoms with E-state index in [2.05, 4.69) is 15.3 Å². The zero-order valence-electron chi connectivity index (χ0n) is 12.6. The number of anilines is 1. The summed E-state index contributed by atoms with van der Waals surface area (Å²) in [5, 5.41) is 4.66. The number of rotatable bonds is 4. The van der Waals surface area contributed by atoms with E-state index in [4.69, 9.17) is 23.2 Å². The van der Waals surface area contributed by atoms with Crippen LogP contribution in [0.1, 0.15) is 18.4 Å². The first-order valence-corrected chi connectivity index (χ1v) is 8.35. The highest BCUT2D eigenvalue weighted by Gasteiger charge is 2.22. The van der Waals surface area contributed by atoms with Crippen LogP contribution in [0.4, 0.5) is 5.82 Å². The molecule has 3 rings (SSSR count). The van der Waals surface area contributed by atoms with E-state index in [0.717, 1.165) is 31.5 Å². The molecule has 1 unspecified atom stereocenters. The number of benzene rings is 1. The van der Waals surface area contributed by atoms with Crippen LogP contribution in [-0.2, 0) is 6.54 Å². The van der Waals surface area contributed by atoms with Crippen molar-refractivity contribution in [3.63, 3.8) is 0 Å². The molecule has 1 aromatic carbocycles. The molecule has 0 radical (unpaired) electrons. The molecule has 5 nitrogen and oxygen atoms in total. The molecule has 2 aromatic rings. The highest BCUT2D eigenvalue weighted by atomic mass is 35.5. The fourth-order valence-corrected chi connectivity index (χ4v) is 3.23. The van der Waals surface area contributed by atoms with Crippen molar-refractivity contribution >= 4 is 29.0 Å². The first-order chi connectivity index (χ1) is 11.1. The molecule has 0 aliphatic carbocycles. The summed E-state index contributed by atoms with van der Waals surface area (Å²) in [6.07, 6.45) is 5.22. The van der Waals surface area contributed by atoms with Crippen molar-refractivity contribution in [1.82, 2.24) is 15.3 Å². The Morgan fingerprint density at radius 2 is 2.26 bits per heavy atom. The van der Waals surface area contributed by atoms with E-state index in [1.165, 1.54) is 0 Å². The third kappa shape index (κ3) is 3.86. The summed E-state index contributed by atoms with van der Waals surface area (Å²) in [5.74, 6) is 0.486. The molecule has 1 aliphatic heterocycles. The van der Waals surface area contributed by atoms with Gasteiger partial charge in [0, 0.05) is 38.1 Å². The second kappa shape index (κ2) is 7.34. The van der Waals surface area contributed by atoms with Crippen LogP contribution in [-0.4, -0.2) is 29.1 Å². The van der Waals surface area contributed by atoms with E-state index in [-0.39, 0.29) is 11.6 Å². The Morgan fingerprint density at radius 1 is 1.39 bits per heavy atom. The van der Waals surface area contributed by atoms with Gasteiger partial charge >= 0.3 is 0 Å². The molecule has 1 aliphatic rings. The molecule has 0 saturated carbocycles. The number of H-pyrrole nitrogens is 1. The summed E-state index contributed by atoms with van der Waals surface area (Å²) in [6.45, 7) is 2.24. The molecular formula is C16H18Cl2N4O. The molecule has 23 heavy (non-hydrogen) atoms. The summed E-state index contributed by atoms with van der Waals surface area (Å²) in [5.41, 5.74) is 0.831. The number of hydrogen-bond acceptors (Lipinski definition) is 4. The van der Waals surface area contributed by atoms with Crippen molar-refractivity contribution in [3.8, 4) is 0 Å². The van der Waals surface area contributed by atoms with Gasteiger partial charge in [-0.2, -0.15) is 0 Å². The molecule has 2 heterocycles. The fraction of sp³-hybridized carbons (Fsp3) is 0.375. The normalized spacial score (nSPS) is 18.2. The lowest BCUT2D eigenvalue weighted by atomic mass is 10.1. The summed E-state index contributed by atoms with van der Waals surface area (Å²) in [6, 6.07) is 5.92. The van der Waals surface area contributed by atoms with Crippen molar-refractivity contribution in [1.29, 1.82) is 0 Å². The zero-order valence-corrected chi connectivity index (χ0v) is 14.1. The average Bonchev–Trinajstić information content (AvgIpc) is 2.57. The second-order valence-corrected chi connectivity index (χ2v) is 6.41. The Hall–Kier alpha value is -1.56. The highest BCUT2D eigenvalue weighted by Crippen LogP contribution is 2.25. The average molecular weight is 353 g/mol. The first-order valence-electron chi connectivity index (χ1n) is 7.60. The third-order valence-electron chi connectivity index (χ3n) is 4.02. The van der Waals surface area contributed by atoms with Crippen LogP contribution in [0.5, 0.6) is 0 Å². The quantitative estimate of drug-likeness (QED) is 0.888. The molecule has 122 valence electrons. The van der Waals surface area contributed by atoms with E-state index >= 15 is 0 Å². The Morgan fingerprint density at radius 3 is 3.09 bits per heavy atom. The van der Waals surface area contributed by atoms with Crippen molar-refractivity contribution in [2.75, 3.05) is 18.0 Å². The molecule has 0 amide bonds. The highest BCUT2D eigenvalue weighted by molar-refractivity contribution is 6.42. The number of aromatic nitrogens is 2. The predicted octanol–water partition coefficient (Wildman–Crippen LogP) is 2.84. The number of halogens is 2. The van der Waals surface area contributed by atoms with Crippen molar-refractivity contribution in [2.24, 2.45) is 0 Å². The maximum atomic E-state index is 11.9. The number of hydrogen-bond donors (Lipinski definition) is 2. The number of nitrogens with one attached hydrogen (secondary N) is 2. The SMILES string of the molecule is O=c1[nH]ccnc1N1CCCC(NCc2cccc(Cl)c2Cl)C1. The fourth-order valence-electron chi connectivity index (χ4n) is 2.84. The largest absolute Gasteiger partial charge is 0.350 e. The van der Waals surface area contributed by atoms with Crippen molar-refractivity contribution in [2.45, 2.75) is 25.4 Å². The zero-order chi connectivity index (χ0) is 16.2. The predicted molar refractivity (Wildman–Crippen MR) is 93.4 cm³/mol. The van der Waals surface area contributed by atoms with Gasteiger partial charge < -0.3 is 15.2 Å². The van der Waals surface area contributed by atoms with Crippen LogP contribution in [0.25, 0.3) is 0 Å². The molecule has 1 saturated heterocycles. The lowest BCUT2D eigenvalue weighted by Gasteiger charge is -2.33. The molecule has 7 heteroatoms. The topological polar surface area (TPSA) is 61.0 Å². The van der Waals surface area contributed by atoms with Gasteiger partial charge in [-0.05, 0) is 24.5 Å². The Bertz CT molecular complexity index is 734. The molecule has 1 atom stereocenters. The number of aromatic amines is 1. The van der Waals surface area contributed by atoms with Crippen LogP contribution >= 0.6 is 23.2 Å². The van der Waals surface area contributed by atoms with Gasteiger partial charge in [0.25, 0.3) is 5.56 Å². The van der Waals surface area contributed by atoms with Gasteiger partial charge in [-0.3, -0.25) is 4.79 Å². The molecule has 1 fully saturated rings. The van der Waals surface area contributed by atoms with Crippen LogP contribution in [0.2, 0.25) is 10.0 Å². The number of nitrogens with zero attached hydrogens (tertiary/aromatic N) is 2. The van der Waals surface area contributed by atoms with Gasteiger partial charge in [-0.25, -0.2) is 4.98 Å². The second-order valence-electron chi connectivity index (χ2n) is 5.62. The van der Waals surface area contributed by atoms with Gasteiger partial charge in [-0.1, -0.05) is 35.3 Å². The maximum absolute atomic E-state index is 11.9. The van der Waals surface area contributed by atoms with E-state index in [9.17, 15) is 4.79 Å². The Labute approximate surface area is 144 Å². The molecule has 1 aromatic heterocycles. The molecule has 0 spiro atoms. The van der Waals surface area contributed by atoms with E-state index in [0.29, 0.717) is 22.4 Å². The van der Waals surface area contributed by atoms with E-state index in [1.54, 1.807) is 18.5 Å². The number of piperidine rings is 1. The van der Waals surface area contributed by atoms with E-state index in [1.807, 2.05) is 17.0 Å². The van der Waals surface area contributed by atoms with Gasteiger partial charge in [-0.15, -0.1) is 0 Å². The van der Waals surface area contributed by atoms with Crippen LogP contribution in [0.15, 0.2) is 35.4 Å². The minimum atomic E-state index is -0.147. The minimum absolute atomic E-state index is 0.147. The van der Waals surface area contributed by atoms with Crippen LogP contribution < -0.4 is 15.8 Å². The first kappa shape index (κ1) is 16.3. The third-order valence-corrected chi connectivity index (χ3v) is 4.88.